The number of rotatable bonds is 3. The zero-order valence-electron chi connectivity index (χ0n) is 13.5. The van der Waals surface area contributed by atoms with Crippen LogP contribution in [0.2, 0.25) is 0 Å². The van der Waals surface area contributed by atoms with Crippen LogP contribution in [0.4, 0.5) is 13.2 Å². The first-order chi connectivity index (χ1) is 9.40. The van der Waals surface area contributed by atoms with Crippen molar-refractivity contribution in [2.45, 2.75) is 53.3 Å². The van der Waals surface area contributed by atoms with Crippen molar-refractivity contribution in [1.29, 1.82) is 0 Å². The smallest absolute Gasteiger partial charge is 0.340 e. The predicted molar refractivity (Wildman–Crippen MR) is 76.8 cm³/mol. The Bertz CT molecular complexity index is 361. The van der Waals surface area contributed by atoms with Crippen LogP contribution >= 0.6 is 0 Å². The lowest BCUT2D eigenvalue weighted by molar-refractivity contribution is -0.143. The van der Waals surface area contributed by atoms with Gasteiger partial charge in [-0.05, 0) is 18.3 Å². The lowest BCUT2D eigenvalue weighted by Crippen LogP contribution is -2.55. The van der Waals surface area contributed by atoms with E-state index in [1.54, 1.807) is 4.90 Å². The summed E-state index contributed by atoms with van der Waals surface area (Å²) in [6.07, 6.45) is -3.54. The van der Waals surface area contributed by atoms with Crippen molar-refractivity contribution in [3.05, 3.63) is 0 Å². The number of hydrogen-bond acceptors (Lipinski definition) is 2. The van der Waals surface area contributed by atoms with Gasteiger partial charge >= 0.3 is 6.18 Å². The maximum atomic E-state index is 12.4. The number of carbonyl (C=O) groups is 1. The second-order valence-corrected chi connectivity index (χ2v) is 7.39. The first-order valence-corrected chi connectivity index (χ1v) is 7.49. The van der Waals surface area contributed by atoms with Crippen LogP contribution in [-0.4, -0.2) is 42.7 Å². The summed E-state index contributed by atoms with van der Waals surface area (Å²) in [7, 11) is 0. The largest absolute Gasteiger partial charge is 0.401 e. The van der Waals surface area contributed by atoms with Gasteiger partial charge in [-0.25, -0.2) is 0 Å². The Morgan fingerprint density at radius 2 is 1.81 bits per heavy atom. The number of nitrogens with zero attached hydrogens (tertiary/aromatic N) is 1. The molecule has 1 fully saturated rings. The Morgan fingerprint density at radius 1 is 1.24 bits per heavy atom. The highest BCUT2D eigenvalue weighted by Gasteiger charge is 2.37. The van der Waals surface area contributed by atoms with Gasteiger partial charge in [-0.3, -0.25) is 4.79 Å². The molecule has 6 heteroatoms. The van der Waals surface area contributed by atoms with E-state index in [1.807, 2.05) is 20.8 Å². The van der Waals surface area contributed by atoms with E-state index < -0.39 is 18.1 Å². The van der Waals surface area contributed by atoms with Crippen LogP contribution in [0, 0.1) is 17.3 Å². The molecule has 124 valence electrons. The van der Waals surface area contributed by atoms with E-state index in [4.69, 9.17) is 0 Å². The van der Waals surface area contributed by atoms with Crippen LogP contribution in [0.25, 0.3) is 0 Å². The molecule has 0 aromatic heterocycles. The van der Waals surface area contributed by atoms with Crippen LogP contribution in [0.5, 0.6) is 0 Å². The Balaban J connectivity index is 2.75. The zero-order chi connectivity index (χ0) is 16.4. The summed E-state index contributed by atoms with van der Waals surface area (Å²) >= 11 is 0. The summed E-state index contributed by atoms with van der Waals surface area (Å²) < 4.78 is 37.1. The molecular weight excluding hydrogens is 281 g/mol. The molecule has 1 aliphatic rings. The molecule has 0 aromatic carbocycles. The van der Waals surface area contributed by atoms with Gasteiger partial charge in [-0.15, -0.1) is 0 Å². The molecule has 0 spiro atoms. The SMILES string of the molecule is CC(C)C1CC(NCC(F)(F)F)CN(C(=O)C(C)(C)C)C1. The third-order valence-electron chi connectivity index (χ3n) is 3.95. The van der Waals surface area contributed by atoms with E-state index >= 15 is 0 Å². The van der Waals surface area contributed by atoms with Crippen molar-refractivity contribution in [3.63, 3.8) is 0 Å². The molecule has 1 N–H and O–H groups in total. The number of alkyl halides is 3. The van der Waals surface area contributed by atoms with Crippen LogP contribution in [0.1, 0.15) is 41.0 Å². The van der Waals surface area contributed by atoms with E-state index in [2.05, 4.69) is 19.2 Å². The topological polar surface area (TPSA) is 32.3 Å². The molecule has 1 heterocycles. The quantitative estimate of drug-likeness (QED) is 0.869. The Morgan fingerprint density at radius 3 is 2.24 bits per heavy atom. The standard InChI is InChI=1S/C15H27F3N2O/c1-10(2)11-6-12(19-9-15(16,17)18)8-20(7-11)13(21)14(3,4)5/h10-12,19H,6-9H2,1-5H3. The molecule has 1 rings (SSSR count). The minimum absolute atomic E-state index is 0.00617. The molecule has 3 nitrogen and oxygen atoms in total. The van der Waals surface area contributed by atoms with Gasteiger partial charge in [-0.2, -0.15) is 13.2 Å². The number of carbonyl (C=O) groups excluding carboxylic acids is 1. The average Bonchev–Trinajstić information content (AvgIpc) is 2.33. The van der Waals surface area contributed by atoms with E-state index in [0.29, 0.717) is 25.4 Å². The number of likely N-dealkylation sites (tertiary alicyclic amines) is 1. The third kappa shape index (κ3) is 5.85. The monoisotopic (exact) mass is 308 g/mol. The van der Waals surface area contributed by atoms with E-state index in [-0.39, 0.29) is 17.9 Å². The number of hydrogen-bond donors (Lipinski definition) is 1. The van der Waals surface area contributed by atoms with Crippen molar-refractivity contribution in [2.75, 3.05) is 19.6 Å². The average molecular weight is 308 g/mol. The molecule has 21 heavy (non-hydrogen) atoms. The summed E-state index contributed by atoms with van der Waals surface area (Å²) in [6, 6.07) is -0.293. The normalized spacial score (nSPS) is 24.5. The summed E-state index contributed by atoms with van der Waals surface area (Å²) in [6.45, 7) is 9.62. The van der Waals surface area contributed by atoms with Crippen LogP contribution < -0.4 is 5.32 Å². The maximum absolute atomic E-state index is 12.4. The molecular formula is C15H27F3N2O. The number of nitrogens with one attached hydrogen (secondary N) is 1. The summed E-state index contributed by atoms with van der Waals surface area (Å²) in [5, 5.41) is 2.56. The van der Waals surface area contributed by atoms with Gasteiger partial charge in [0.15, 0.2) is 0 Å². The number of amides is 1. The molecule has 0 bridgehead atoms. The molecule has 1 saturated heterocycles. The Labute approximate surface area is 125 Å². The fraction of sp³-hybridized carbons (Fsp3) is 0.933. The van der Waals surface area contributed by atoms with Crippen LogP contribution in [0.3, 0.4) is 0 Å². The highest BCUT2D eigenvalue weighted by molar-refractivity contribution is 5.81. The predicted octanol–water partition coefficient (Wildman–Crippen LogP) is 3.06. The Hall–Kier alpha value is -0.780. The number of piperidine rings is 1. The molecule has 2 unspecified atom stereocenters. The van der Waals surface area contributed by atoms with Gasteiger partial charge in [0.05, 0.1) is 6.54 Å². The molecule has 2 atom stereocenters. The van der Waals surface area contributed by atoms with Gasteiger partial charge in [0.1, 0.15) is 0 Å². The number of halogens is 3. The summed E-state index contributed by atoms with van der Waals surface area (Å²) in [4.78, 5) is 14.1. The van der Waals surface area contributed by atoms with Crippen molar-refractivity contribution >= 4 is 5.91 Å². The summed E-state index contributed by atoms with van der Waals surface area (Å²) in [5.74, 6) is 0.582. The van der Waals surface area contributed by atoms with Crippen molar-refractivity contribution in [1.82, 2.24) is 10.2 Å². The molecule has 0 aliphatic carbocycles. The molecule has 0 radical (unpaired) electrons. The van der Waals surface area contributed by atoms with Crippen molar-refractivity contribution < 1.29 is 18.0 Å². The van der Waals surface area contributed by atoms with Crippen LogP contribution in [-0.2, 0) is 4.79 Å². The second-order valence-electron chi connectivity index (χ2n) is 7.39. The van der Waals surface area contributed by atoms with Gasteiger partial charge in [0.25, 0.3) is 0 Å². The third-order valence-corrected chi connectivity index (χ3v) is 3.95. The fourth-order valence-electron chi connectivity index (χ4n) is 2.67. The minimum Gasteiger partial charge on any atom is -0.340 e. The van der Waals surface area contributed by atoms with Crippen LogP contribution in [0.15, 0.2) is 0 Å². The maximum Gasteiger partial charge on any atom is 0.401 e. The summed E-state index contributed by atoms with van der Waals surface area (Å²) in [5.41, 5.74) is -0.507. The highest BCUT2D eigenvalue weighted by Crippen LogP contribution is 2.28. The van der Waals surface area contributed by atoms with Gasteiger partial charge < -0.3 is 10.2 Å². The zero-order valence-corrected chi connectivity index (χ0v) is 13.5. The van der Waals surface area contributed by atoms with E-state index in [0.717, 1.165) is 0 Å². The molecule has 0 saturated carbocycles. The van der Waals surface area contributed by atoms with Crippen molar-refractivity contribution in [2.24, 2.45) is 17.3 Å². The lowest BCUT2D eigenvalue weighted by atomic mass is 9.84. The van der Waals surface area contributed by atoms with Crippen molar-refractivity contribution in [3.8, 4) is 0 Å². The van der Waals surface area contributed by atoms with E-state index in [9.17, 15) is 18.0 Å². The molecule has 0 aromatic rings. The fourth-order valence-corrected chi connectivity index (χ4v) is 2.67. The van der Waals surface area contributed by atoms with Gasteiger partial charge in [0, 0.05) is 24.5 Å². The first-order valence-electron chi connectivity index (χ1n) is 7.49. The molecule has 1 aliphatic heterocycles. The van der Waals surface area contributed by atoms with Gasteiger partial charge in [-0.1, -0.05) is 34.6 Å². The van der Waals surface area contributed by atoms with E-state index in [1.165, 1.54) is 0 Å². The molecule has 1 amide bonds. The second kappa shape index (κ2) is 6.55. The first kappa shape index (κ1) is 18.3. The van der Waals surface area contributed by atoms with Gasteiger partial charge in [0.2, 0.25) is 5.91 Å². The Kier molecular flexibility index (Phi) is 5.69. The highest BCUT2D eigenvalue weighted by atomic mass is 19.4. The minimum atomic E-state index is -4.22. The lowest BCUT2D eigenvalue weighted by Gasteiger charge is -2.42.